The van der Waals surface area contributed by atoms with Crippen LogP contribution in [-0.2, 0) is 17.8 Å². The quantitative estimate of drug-likeness (QED) is 0.657. The summed E-state index contributed by atoms with van der Waals surface area (Å²) in [6.45, 7) is 1.36. The van der Waals surface area contributed by atoms with Crippen molar-refractivity contribution in [1.82, 2.24) is 0 Å². The number of para-hydroxylation sites is 1. The third-order valence-corrected chi connectivity index (χ3v) is 5.25. The molecule has 0 amide bonds. The van der Waals surface area contributed by atoms with Gasteiger partial charge in [0.25, 0.3) is 0 Å². The van der Waals surface area contributed by atoms with Crippen molar-refractivity contribution in [3.05, 3.63) is 65.2 Å². The average Bonchev–Trinajstić information content (AvgIpc) is 3.13. The summed E-state index contributed by atoms with van der Waals surface area (Å²) in [7, 11) is 1.69. The van der Waals surface area contributed by atoms with E-state index in [0.717, 1.165) is 23.7 Å². The number of aliphatic imine (C=N–C) groups is 1. The Morgan fingerprint density at radius 2 is 2.00 bits per heavy atom. The van der Waals surface area contributed by atoms with E-state index in [-0.39, 0.29) is 0 Å². The van der Waals surface area contributed by atoms with E-state index in [4.69, 9.17) is 10.5 Å². The normalized spacial score (nSPS) is 24.4. The number of hydrogen-bond acceptors (Lipinski definition) is 2. The molecule has 124 valence electrons. The number of hydrogen-bond donors (Lipinski definition) is 2. The Morgan fingerprint density at radius 3 is 2.88 bits per heavy atom. The first-order valence-corrected chi connectivity index (χ1v) is 8.49. The third-order valence-electron chi connectivity index (χ3n) is 5.25. The van der Waals surface area contributed by atoms with Crippen LogP contribution in [0, 0.1) is 11.8 Å². The number of benzene rings is 2. The highest BCUT2D eigenvalue weighted by molar-refractivity contribution is 5.93. The summed E-state index contributed by atoms with van der Waals surface area (Å²) in [4.78, 5) is 4.58. The second-order valence-electron chi connectivity index (χ2n) is 6.70. The first-order valence-electron chi connectivity index (χ1n) is 8.49. The van der Waals surface area contributed by atoms with Crippen LogP contribution < -0.4 is 11.1 Å². The number of guanidine groups is 1. The van der Waals surface area contributed by atoms with Gasteiger partial charge in [0.05, 0.1) is 6.61 Å². The van der Waals surface area contributed by atoms with Crippen molar-refractivity contribution in [3.8, 4) is 0 Å². The number of ether oxygens (including phenoxy) is 1. The maximum absolute atomic E-state index is 6.09. The van der Waals surface area contributed by atoms with Crippen LogP contribution in [0.2, 0.25) is 0 Å². The highest BCUT2D eigenvalue weighted by Gasteiger charge is 2.54. The van der Waals surface area contributed by atoms with Crippen LogP contribution in [-0.4, -0.2) is 19.6 Å². The van der Waals surface area contributed by atoms with Gasteiger partial charge in [-0.2, -0.15) is 0 Å². The molecule has 4 nitrogen and oxygen atoms in total. The van der Waals surface area contributed by atoms with E-state index >= 15 is 0 Å². The van der Waals surface area contributed by atoms with E-state index in [1.54, 1.807) is 7.11 Å². The summed E-state index contributed by atoms with van der Waals surface area (Å²) in [6, 6.07) is 16.8. The van der Waals surface area contributed by atoms with Crippen molar-refractivity contribution < 1.29 is 4.74 Å². The Balaban J connectivity index is 1.38. The van der Waals surface area contributed by atoms with E-state index in [2.05, 4.69) is 34.6 Å². The second kappa shape index (κ2) is 6.29. The number of nitrogens with zero attached hydrogens (tertiary/aromatic N) is 1. The molecular weight excluding hydrogens is 298 g/mol. The van der Waals surface area contributed by atoms with Gasteiger partial charge in [0, 0.05) is 24.9 Å². The molecule has 0 spiro atoms. The van der Waals surface area contributed by atoms with Gasteiger partial charge >= 0.3 is 0 Å². The molecule has 4 heteroatoms. The van der Waals surface area contributed by atoms with Crippen LogP contribution in [0.25, 0.3) is 0 Å². The fourth-order valence-electron chi connectivity index (χ4n) is 4.04. The molecule has 4 rings (SSSR count). The monoisotopic (exact) mass is 321 g/mol. The van der Waals surface area contributed by atoms with Crippen LogP contribution in [0.3, 0.4) is 0 Å². The number of fused-ring (bicyclic) bond motifs is 3. The van der Waals surface area contributed by atoms with Gasteiger partial charge in [-0.1, -0.05) is 42.5 Å². The van der Waals surface area contributed by atoms with Crippen molar-refractivity contribution in [1.29, 1.82) is 0 Å². The predicted octanol–water partition coefficient (Wildman–Crippen LogP) is 3.15. The number of anilines is 1. The molecule has 0 bridgehead atoms. The summed E-state index contributed by atoms with van der Waals surface area (Å²) in [5.41, 5.74) is 11.2. The van der Waals surface area contributed by atoms with Gasteiger partial charge in [-0.3, -0.25) is 4.99 Å². The summed E-state index contributed by atoms with van der Waals surface area (Å²) < 4.78 is 5.22. The highest BCUT2D eigenvalue weighted by Crippen LogP contribution is 2.61. The molecule has 24 heavy (non-hydrogen) atoms. The Kier molecular flexibility index (Phi) is 3.98. The van der Waals surface area contributed by atoms with Gasteiger partial charge in [0.15, 0.2) is 5.96 Å². The van der Waals surface area contributed by atoms with Crippen molar-refractivity contribution in [2.45, 2.75) is 18.9 Å². The Labute approximate surface area is 142 Å². The Bertz CT molecular complexity index is 771. The minimum atomic E-state index is 0.483. The molecule has 1 saturated carbocycles. The molecule has 2 aliphatic carbocycles. The standard InChI is InChI=1S/C20H23N3O/c1-24-12-14-7-3-5-9-18(14)23-20(21)22-11-17-16-10-13-6-2-4-8-15(13)19(16)17/h2-9,16-17,19H,10-12H2,1H3,(H3,21,22,23). The minimum Gasteiger partial charge on any atom is -0.380 e. The molecule has 0 aliphatic heterocycles. The lowest BCUT2D eigenvalue weighted by atomic mass is 10.0. The summed E-state index contributed by atoms with van der Waals surface area (Å²) in [5, 5.41) is 3.21. The molecule has 0 aromatic heterocycles. The average molecular weight is 321 g/mol. The van der Waals surface area contributed by atoms with Gasteiger partial charge in [-0.25, -0.2) is 0 Å². The lowest BCUT2D eigenvalue weighted by Crippen LogP contribution is -2.24. The van der Waals surface area contributed by atoms with Crippen LogP contribution in [0.1, 0.15) is 22.6 Å². The number of rotatable bonds is 5. The topological polar surface area (TPSA) is 59.6 Å². The van der Waals surface area contributed by atoms with E-state index in [1.165, 1.54) is 17.5 Å². The van der Waals surface area contributed by atoms with Crippen molar-refractivity contribution >= 4 is 11.6 Å². The molecule has 2 aromatic carbocycles. The van der Waals surface area contributed by atoms with E-state index in [0.29, 0.717) is 24.4 Å². The highest BCUT2D eigenvalue weighted by atomic mass is 16.5. The zero-order valence-electron chi connectivity index (χ0n) is 13.9. The van der Waals surface area contributed by atoms with Gasteiger partial charge in [-0.15, -0.1) is 0 Å². The van der Waals surface area contributed by atoms with Gasteiger partial charge in [0.1, 0.15) is 0 Å². The number of nitrogens with two attached hydrogens (primary N) is 1. The molecule has 1 fully saturated rings. The van der Waals surface area contributed by atoms with Crippen molar-refractivity contribution in [3.63, 3.8) is 0 Å². The molecular formula is C20H23N3O. The largest absolute Gasteiger partial charge is 0.380 e. The molecule has 3 N–H and O–H groups in total. The molecule has 3 atom stereocenters. The third kappa shape index (κ3) is 2.78. The SMILES string of the molecule is COCc1ccccc1NC(N)=NCC1C2Cc3ccccc3C12. The van der Waals surface area contributed by atoms with Gasteiger partial charge in [-0.05, 0) is 41.4 Å². The molecule has 3 unspecified atom stereocenters. The van der Waals surface area contributed by atoms with Crippen LogP contribution in [0.4, 0.5) is 5.69 Å². The van der Waals surface area contributed by atoms with E-state index < -0.39 is 0 Å². The molecule has 0 heterocycles. The smallest absolute Gasteiger partial charge is 0.193 e. The van der Waals surface area contributed by atoms with Crippen molar-refractivity contribution in [2.75, 3.05) is 19.0 Å². The molecule has 0 radical (unpaired) electrons. The minimum absolute atomic E-state index is 0.483. The van der Waals surface area contributed by atoms with Gasteiger partial charge in [0.2, 0.25) is 0 Å². The predicted molar refractivity (Wildman–Crippen MR) is 97.1 cm³/mol. The first-order chi connectivity index (χ1) is 11.8. The van der Waals surface area contributed by atoms with Crippen molar-refractivity contribution in [2.24, 2.45) is 22.6 Å². The summed E-state index contributed by atoms with van der Waals surface area (Å²) in [5.74, 6) is 2.59. The molecule has 2 aliphatic rings. The Morgan fingerprint density at radius 1 is 1.21 bits per heavy atom. The maximum atomic E-state index is 6.09. The van der Waals surface area contributed by atoms with E-state index in [9.17, 15) is 0 Å². The fourth-order valence-corrected chi connectivity index (χ4v) is 4.04. The Hall–Kier alpha value is -2.33. The first kappa shape index (κ1) is 15.2. The van der Waals surface area contributed by atoms with Gasteiger partial charge < -0.3 is 15.8 Å². The maximum Gasteiger partial charge on any atom is 0.193 e. The van der Waals surface area contributed by atoms with Crippen LogP contribution >= 0.6 is 0 Å². The lowest BCUT2D eigenvalue weighted by molar-refractivity contribution is 0.185. The second-order valence-corrected chi connectivity index (χ2v) is 6.70. The fraction of sp³-hybridized carbons (Fsp3) is 0.350. The van der Waals surface area contributed by atoms with E-state index in [1.807, 2.05) is 24.3 Å². The zero-order valence-corrected chi connectivity index (χ0v) is 13.9. The van der Waals surface area contributed by atoms with Crippen LogP contribution in [0.15, 0.2) is 53.5 Å². The molecule has 2 aromatic rings. The number of nitrogens with one attached hydrogen (secondary N) is 1. The summed E-state index contributed by atoms with van der Waals surface area (Å²) >= 11 is 0. The molecule has 0 saturated heterocycles. The summed E-state index contributed by atoms with van der Waals surface area (Å²) in [6.07, 6.45) is 1.20. The van der Waals surface area contributed by atoms with Crippen LogP contribution in [0.5, 0.6) is 0 Å². The lowest BCUT2D eigenvalue weighted by Gasteiger charge is -2.11. The zero-order chi connectivity index (χ0) is 16.5. The number of methoxy groups -OCH3 is 1.